The molecule has 0 radical (unpaired) electrons. The molecule has 1 aliphatic heterocycles. The molecule has 0 aliphatic carbocycles. The fourth-order valence-electron chi connectivity index (χ4n) is 1.56. The average Bonchev–Trinajstić information content (AvgIpc) is 2.71. The molecule has 18 heavy (non-hydrogen) atoms. The van der Waals surface area contributed by atoms with Crippen molar-refractivity contribution in [2.24, 2.45) is 0 Å². The third-order valence-corrected chi connectivity index (χ3v) is 2.38. The van der Waals surface area contributed by atoms with Gasteiger partial charge in [0.05, 0.1) is 17.3 Å². The minimum atomic E-state index is -0.631. The number of benzene rings is 1. The van der Waals surface area contributed by atoms with Gasteiger partial charge in [0.15, 0.2) is 0 Å². The van der Waals surface area contributed by atoms with Gasteiger partial charge in [0.25, 0.3) is 5.69 Å². The quantitative estimate of drug-likeness (QED) is 0.348. The zero-order valence-corrected chi connectivity index (χ0v) is 10.1. The number of esters is 2. The van der Waals surface area contributed by atoms with Crippen molar-refractivity contribution in [3.8, 4) is 0 Å². The van der Waals surface area contributed by atoms with Crippen LogP contribution in [0.1, 0.15) is 31.7 Å². The van der Waals surface area contributed by atoms with E-state index >= 15 is 0 Å². The van der Waals surface area contributed by atoms with Crippen LogP contribution in [0.15, 0.2) is 24.3 Å². The van der Waals surface area contributed by atoms with Gasteiger partial charge in [-0.1, -0.05) is 26.0 Å². The van der Waals surface area contributed by atoms with E-state index < -0.39 is 22.8 Å². The zero-order chi connectivity index (χ0) is 13.7. The largest absolute Gasteiger partial charge is 0.393 e. The van der Waals surface area contributed by atoms with Crippen molar-refractivity contribution >= 4 is 17.6 Å². The van der Waals surface area contributed by atoms with Gasteiger partial charge in [-0.15, -0.1) is 0 Å². The number of nitro benzene ring substituents is 1. The molecular weight excluding hydrogens is 238 g/mol. The number of hydrogen-bond acceptors (Lipinski definition) is 5. The molecule has 1 saturated heterocycles. The first kappa shape index (κ1) is 13.8. The third-order valence-electron chi connectivity index (χ3n) is 2.38. The Morgan fingerprint density at radius 1 is 1.22 bits per heavy atom. The van der Waals surface area contributed by atoms with Crippen LogP contribution in [0.5, 0.6) is 0 Å². The van der Waals surface area contributed by atoms with Crippen molar-refractivity contribution in [2.75, 3.05) is 0 Å². The number of ether oxygens (including phenoxy) is 1. The number of carbonyl (C=O) groups excluding carboxylic acids is 2. The summed E-state index contributed by atoms with van der Waals surface area (Å²) in [5.41, 5.74) is 0.503. The lowest BCUT2D eigenvalue weighted by Crippen LogP contribution is -2.05. The van der Waals surface area contributed by atoms with Crippen molar-refractivity contribution in [2.45, 2.75) is 26.2 Å². The monoisotopic (exact) mass is 251 g/mol. The Bertz CT molecular complexity index is 466. The maximum absolute atomic E-state index is 11.2. The summed E-state index contributed by atoms with van der Waals surface area (Å²) < 4.78 is 4.39. The number of carbonyl (C=O) groups is 2. The Balaban J connectivity index is 0.000000771. The number of nitro groups is 1. The Hall–Kier alpha value is -2.24. The highest BCUT2D eigenvalue weighted by molar-refractivity contribution is 5.97. The van der Waals surface area contributed by atoms with Crippen LogP contribution in [-0.2, 0) is 14.3 Å². The van der Waals surface area contributed by atoms with Crippen LogP contribution in [0.3, 0.4) is 0 Å². The van der Waals surface area contributed by atoms with Gasteiger partial charge in [0, 0.05) is 12.1 Å². The van der Waals surface area contributed by atoms with E-state index in [-0.39, 0.29) is 12.1 Å². The van der Waals surface area contributed by atoms with Gasteiger partial charge in [0.1, 0.15) is 0 Å². The maximum atomic E-state index is 11.2. The summed E-state index contributed by atoms with van der Waals surface area (Å²) in [6.45, 7) is 4.00. The SMILES string of the molecule is CC.O=C1CC(c2ccc([N+](=O)[O-])cc2)C(=O)O1. The number of non-ortho nitro benzene ring substituents is 1. The van der Waals surface area contributed by atoms with Crippen LogP contribution >= 0.6 is 0 Å². The van der Waals surface area contributed by atoms with Crippen molar-refractivity contribution < 1.29 is 19.2 Å². The summed E-state index contributed by atoms with van der Waals surface area (Å²) in [6.07, 6.45) is -0.00333. The standard InChI is InChI=1S/C10H7NO5.C2H6/c12-9-5-8(10(13)16-9)6-1-3-7(4-2-6)11(14)15;1-2/h1-4,8H,5H2;1-2H3. The number of nitrogens with zero attached hydrogens (tertiary/aromatic N) is 1. The zero-order valence-electron chi connectivity index (χ0n) is 10.1. The van der Waals surface area contributed by atoms with Crippen LogP contribution in [0.4, 0.5) is 5.69 Å². The molecule has 2 rings (SSSR count). The predicted molar refractivity (Wildman–Crippen MR) is 62.9 cm³/mol. The molecule has 1 fully saturated rings. The van der Waals surface area contributed by atoms with Gasteiger partial charge >= 0.3 is 11.9 Å². The molecule has 96 valence electrons. The lowest BCUT2D eigenvalue weighted by Gasteiger charge is -2.03. The number of hydrogen-bond donors (Lipinski definition) is 0. The van der Waals surface area contributed by atoms with E-state index in [1.807, 2.05) is 13.8 Å². The van der Waals surface area contributed by atoms with E-state index in [2.05, 4.69) is 4.74 Å². The maximum Gasteiger partial charge on any atom is 0.321 e. The van der Waals surface area contributed by atoms with Crippen molar-refractivity contribution in [1.29, 1.82) is 0 Å². The number of cyclic esters (lactones) is 2. The second-order valence-corrected chi connectivity index (χ2v) is 3.40. The molecule has 0 spiro atoms. The van der Waals surface area contributed by atoms with Gasteiger partial charge < -0.3 is 4.74 Å². The molecule has 1 aromatic carbocycles. The third kappa shape index (κ3) is 2.91. The normalized spacial score (nSPS) is 17.8. The molecule has 1 atom stereocenters. The van der Waals surface area contributed by atoms with E-state index in [4.69, 9.17) is 0 Å². The van der Waals surface area contributed by atoms with Crippen molar-refractivity contribution in [3.05, 3.63) is 39.9 Å². The topological polar surface area (TPSA) is 86.5 Å². The molecule has 0 aromatic heterocycles. The summed E-state index contributed by atoms with van der Waals surface area (Å²) in [5, 5.41) is 10.4. The van der Waals surface area contributed by atoms with E-state index in [1.165, 1.54) is 24.3 Å². The van der Waals surface area contributed by atoms with Crippen molar-refractivity contribution in [3.63, 3.8) is 0 Å². The van der Waals surface area contributed by atoms with E-state index in [0.29, 0.717) is 5.56 Å². The first-order valence-corrected chi connectivity index (χ1v) is 5.57. The smallest absolute Gasteiger partial charge is 0.321 e. The van der Waals surface area contributed by atoms with Crippen LogP contribution < -0.4 is 0 Å². The summed E-state index contributed by atoms with van der Waals surface area (Å²) in [5.74, 6) is -1.79. The molecule has 0 N–H and O–H groups in total. The highest BCUT2D eigenvalue weighted by Crippen LogP contribution is 2.28. The van der Waals surface area contributed by atoms with Gasteiger partial charge in [0.2, 0.25) is 0 Å². The summed E-state index contributed by atoms with van der Waals surface area (Å²) in [7, 11) is 0. The van der Waals surface area contributed by atoms with Crippen LogP contribution in [0, 0.1) is 10.1 Å². The van der Waals surface area contributed by atoms with Gasteiger partial charge in [-0.2, -0.15) is 0 Å². The molecule has 1 unspecified atom stereocenters. The Kier molecular flexibility index (Phi) is 4.53. The first-order chi connectivity index (χ1) is 8.58. The molecule has 6 nitrogen and oxygen atoms in total. The Morgan fingerprint density at radius 2 is 1.78 bits per heavy atom. The predicted octanol–water partition coefficient (Wildman–Crippen LogP) is 2.18. The highest BCUT2D eigenvalue weighted by Gasteiger charge is 2.34. The molecule has 1 aliphatic rings. The van der Waals surface area contributed by atoms with Gasteiger partial charge in [-0.3, -0.25) is 19.7 Å². The van der Waals surface area contributed by atoms with Gasteiger partial charge in [-0.25, -0.2) is 0 Å². The second-order valence-electron chi connectivity index (χ2n) is 3.40. The van der Waals surface area contributed by atoms with Crippen LogP contribution in [0.2, 0.25) is 0 Å². The average molecular weight is 251 g/mol. The van der Waals surface area contributed by atoms with Crippen molar-refractivity contribution in [1.82, 2.24) is 0 Å². The molecule has 0 bridgehead atoms. The van der Waals surface area contributed by atoms with Gasteiger partial charge in [-0.05, 0) is 5.56 Å². The Labute approximate surface area is 104 Å². The molecule has 1 heterocycles. The number of rotatable bonds is 2. The Morgan fingerprint density at radius 3 is 2.17 bits per heavy atom. The van der Waals surface area contributed by atoms with E-state index in [0.717, 1.165) is 0 Å². The molecular formula is C12H13NO5. The summed E-state index contributed by atoms with van der Waals surface area (Å²) in [6, 6.07) is 5.52. The van der Waals surface area contributed by atoms with Crippen LogP contribution in [0.25, 0.3) is 0 Å². The first-order valence-electron chi connectivity index (χ1n) is 5.57. The fraction of sp³-hybridized carbons (Fsp3) is 0.333. The fourth-order valence-corrected chi connectivity index (χ4v) is 1.56. The molecule has 1 aromatic rings. The molecule has 0 saturated carbocycles. The van der Waals surface area contributed by atoms with E-state index in [1.54, 1.807) is 0 Å². The highest BCUT2D eigenvalue weighted by atomic mass is 16.6. The lowest BCUT2D eigenvalue weighted by molar-refractivity contribution is -0.384. The van der Waals surface area contributed by atoms with E-state index in [9.17, 15) is 19.7 Å². The minimum absolute atomic E-state index is 0.00333. The van der Waals surface area contributed by atoms with Crippen LogP contribution in [-0.4, -0.2) is 16.9 Å². The molecule has 6 heteroatoms. The second kappa shape index (κ2) is 5.90. The lowest BCUT2D eigenvalue weighted by atomic mass is 9.98. The summed E-state index contributed by atoms with van der Waals surface area (Å²) in [4.78, 5) is 32.0. The minimum Gasteiger partial charge on any atom is -0.393 e. The summed E-state index contributed by atoms with van der Waals surface area (Å²) >= 11 is 0. The molecule has 0 amide bonds.